The Labute approximate surface area is 127 Å². The predicted molar refractivity (Wildman–Crippen MR) is 85.3 cm³/mol. The Kier molecular flexibility index (Phi) is 5.23. The van der Waals surface area contributed by atoms with E-state index in [2.05, 4.69) is 17.4 Å². The second-order valence-corrected chi connectivity index (χ2v) is 9.03. The summed E-state index contributed by atoms with van der Waals surface area (Å²) in [7, 11) is 0.139. The molecule has 1 aliphatic heterocycles. The number of thiol groups is 1. The number of rotatable bonds is 4. The van der Waals surface area contributed by atoms with E-state index in [9.17, 15) is 4.57 Å². The average molecular weight is 323 g/mol. The quantitative estimate of drug-likeness (QED) is 0.490. The molecule has 8 heteroatoms. The summed E-state index contributed by atoms with van der Waals surface area (Å²) in [4.78, 5) is 2.95. The molecule has 0 aromatic rings. The third-order valence-corrected chi connectivity index (χ3v) is 4.52. The first kappa shape index (κ1) is 17.8. The van der Waals surface area contributed by atoms with Crippen LogP contribution in [-0.2, 0) is 13.6 Å². The van der Waals surface area contributed by atoms with Crippen LogP contribution in [0.2, 0.25) is 0 Å². The van der Waals surface area contributed by atoms with Crippen LogP contribution < -0.4 is 0 Å². The van der Waals surface area contributed by atoms with Crippen molar-refractivity contribution in [2.24, 2.45) is 4.76 Å². The second-order valence-electron chi connectivity index (χ2n) is 6.45. The van der Waals surface area contributed by atoms with Crippen LogP contribution in [0.5, 0.6) is 0 Å². The Morgan fingerprint density at radius 2 is 1.55 bits per heavy atom. The van der Waals surface area contributed by atoms with Gasteiger partial charge in [0.15, 0.2) is 0 Å². The van der Waals surface area contributed by atoms with Gasteiger partial charge in [0, 0.05) is 27.2 Å². The lowest BCUT2D eigenvalue weighted by Crippen LogP contribution is -2.29. The fourth-order valence-corrected chi connectivity index (χ4v) is 3.95. The molecule has 0 aliphatic carbocycles. The summed E-state index contributed by atoms with van der Waals surface area (Å²) >= 11 is 4.27. The van der Waals surface area contributed by atoms with Crippen LogP contribution in [0.1, 0.15) is 34.6 Å². The average Bonchev–Trinajstić information content (AvgIpc) is 2.42. The van der Waals surface area contributed by atoms with Gasteiger partial charge in [0.05, 0.1) is 5.60 Å². The van der Waals surface area contributed by atoms with E-state index < -0.39 is 18.3 Å². The summed E-state index contributed by atoms with van der Waals surface area (Å²) in [6, 6.07) is 0. The van der Waals surface area contributed by atoms with Crippen LogP contribution in [-0.4, -0.2) is 53.5 Å². The van der Waals surface area contributed by atoms with Gasteiger partial charge in [-0.3, -0.25) is 9.05 Å². The third-order valence-electron chi connectivity index (χ3n) is 2.39. The predicted octanol–water partition coefficient (Wildman–Crippen LogP) is 2.83. The summed E-state index contributed by atoms with van der Waals surface area (Å²) < 4.78 is 28.3. The van der Waals surface area contributed by atoms with Crippen LogP contribution in [0.25, 0.3) is 0 Å². The zero-order chi connectivity index (χ0) is 15.8. The van der Waals surface area contributed by atoms with E-state index in [4.69, 9.17) is 9.05 Å². The molecule has 0 radical (unpaired) electrons. The van der Waals surface area contributed by atoms with Crippen molar-refractivity contribution in [1.82, 2.24) is 9.80 Å². The van der Waals surface area contributed by atoms with E-state index >= 15 is 0 Å². The molecule has 1 rings (SSSR count). The molecular weight excluding hydrogens is 297 g/mol. The maximum Gasteiger partial charge on any atom is 0.458 e. The maximum absolute atomic E-state index is 13.0. The zero-order valence-corrected chi connectivity index (χ0v) is 15.2. The van der Waals surface area contributed by atoms with Gasteiger partial charge in [-0.15, -0.1) is 17.4 Å². The summed E-state index contributed by atoms with van der Waals surface area (Å²) in [5.41, 5.74) is -0.631. The van der Waals surface area contributed by atoms with Gasteiger partial charge in [-0.1, -0.05) is 0 Å². The van der Waals surface area contributed by atoms with Crippen LogP contribution in [0.15, 0.2) is 4.76 Å². The molecular formula is C12H26N3O3PS. The summed E-state index contributed by atoms with van der Waals surface area (Å²) in [5, 5.41) is 0. The Bertz CT molecular complexity index is 397. The van der Waals surface area contributed by atoms with Crippen molar-refractivity contribution in [2.45, 2.75) is 45.2 Å². The zero-order valence-electron chi connectivity index (χ0n) is 13.4. The van der Waals surface area contributed by atoms with E-state index in [0.717, 1.165) is 13.1 Å². The summed E-state index contributed by atoms with van der Waals surface area (Å²) in [5.74, 6) is 0.607. The standard InChI is InChI=1S/C12H26N3O3PS/c1-11(2,3)17-19(16,18-12(4,5)20)13-10-14(6)8-9-15(10)7/h20H,8-9H2,1-7H3/t19-/m1/s1. The third kappa shape index (κ3) is 5.64. The molecule has 0 N–H and O–H groups in total. The van der Waals surface area contributed by atoms with E-state index in [1.165, 1.54) is 0 Å². The number of hydrogen-bond donors (Lipinski definition) is 1. The Morgan fingerprint density at radius 1 is 1.10 bits per heavy atom. The lowest BCUT2D eigenvalue weighted by Gasteiger charge is -2.29. The van der Waals surface area contributed by atoms with E-state index in [0.29, 0.717) is 5.96 Å². The minimum atomic E-state index is -3.66. The van der Waals surface area contributed by atoms with Crippen LogP contribution in [0, 0.1) is 0 Å². The first-order valence-electron chi connectivity index (χ1n) is 6.58. The molecule has 20 heavy (non-hydrogen) atoms. The molecule has 0 aromatic heterocycles. The first-order valence-corrected chi connectivity index (χ1v) is 8.52. The number of likely N-dealkylation sites (N-methyl/N-ethyl adjacent to an activating group) is 2. The van der Waals surface area contributed by atoms with Gasteiger partial charge in [0.1, 0.15) is 4.93 Å². The smallest absolute Gasteiger partial charge is 0.344 e. The van der Waals surface area contributed by atoms with Gasteiger partial charge >= 0.3 is 7.75 Å². The molecule has 0 saturated carbocycles. The molecule has 0 unspecified atom stereocenters. The second kappa shape index (κ2) is 5.87. The largest absolute Gasteiger partial charge is 0.458 e. The minimum absolute atomic E-state index is 0.607. The normalized spacial score (nSPS) is 20.3. The molecule has 6 nitrogen and oxygen atoms in total. The highest BCUT2D eigenvalue weighted by Crippen LogP contribution is 2.56. The molecule has 1 atom stereocenters. The van der Waals surface area contributed by atoms with Crippen molar-refractivity contribution in [1.29, 1.82) is 0 Å². The minimum Gasteiger partial charge on any atom is -0.344 e. The number of hydrogen-bond acceptors (Lipinski definition) is 4. The van der Waals surface area contributed by atoms with E-state index in [-0.39, 0.29) is 0 Å². The number of nitrogens with zero attached hydrogens (tertiary/aromatic N) is 3. The Morgan fingerprint density at radius 3 is 1.90 bits per heavy atom. The van der Waals surface area contributed by atoms with Crippen molar-refractivity contribution in [2.75, 3.05) is 27.2 Å². The topological polar surface area (TPSA) is 54.4 Å². The van der Waals surface area contributed by atoms with Gasteiger partial charge in [-0.05, 0) is 34.6 Å². The monoisotopic (exact) mass is 323 g/mol. The van der Waals surface area contributed by atoms with Gasteiger partial charge in [0.2, 0.25) is 5.96 Å². The molecule has 1 heterocycles. The molecule has 0 amide bonds. The molecule has 0 bridgehead atoms. The van der Waals surface area contributed by atoms with Crippen molar-refractivity contribution in [3.05, 3.63) is 0 Å². The van der Waals surface area contributed by atoms with Gasteiger partial charge in [-0.25, -0.2) is 4.57 Å². The fraction of sp³-hybridized carbons (Fsp3) is 0.917. The molecule has 1 fully saturated rings. The molecule has 1 aliphatic rings. The Balaban J connectivity index is 3.11. The van der Waals surface area contributed by atoms with Crippen molar-refractivity contribution < 1.29 is 13.6 Å². The van der Waals surface area contributed by atoms with Crippen LogP contribution in [0.3, 0.4) is 0 Å². The lowest BCUT2D eigenvalue weighted by atomic mass is 10.2. The van der Waals surface area contributed by atoms with Gasteiger partial charge in [0.25, 0.3) is 0 Å². The molecule has 0 aromatic carbocycles. The van der Waals surface area contributed by atoms with E-state index in [1.54, 1.807) is 13.8 Å². The Hall–Kier alpha value is -0.230. The lowest BCUT2D eigenvalue weighted by molar-refractivity contribution is 0.0749. The highest BCUT2D eigenvalue weighted by molar-refractivity contribution is 7.81. The molecule has 118 valence electrons. The first-order chi connectivity index (χ1) is 8.81. The molecule has 1 saturated heterocycles. The fourth-order valence-electron chi connectivity index (χ4n) is 1.74. The van der Waals surface area contributed by atoms with Crippen molar-refractivity contribution in [3.63, 3.8) is 0 Å². The van der Waals surface area contributed by atoms with Crippen LogP contribution >= 0.6 is 20.4 Å². The van der Waals surface area contributed by atoms with Gasteiger partial charge < -0.3 is 9.80 Å². The molecule has 0 spiro atoms. The maximum atomic E-state index is 13.0. The number of guanidine groups is 1. The van der Waals surface area contributed by atoms with Crippen LogP contribution in [0.4, 0.5) is 0 Å². The van der Waals surface area contributed by atoms with E-state index in [1.807, 2.05) is 44.7 Å². The van der Waals surface area contributed by atoms with Crippen molar-refractivity contribution in [3.8, 4) is 0 Å². The van der Waals surface area contributed by atoms with Gasteiger partial charge in [-0.2, -0.15) is 0 Å². The van der Waals surface area contributed by atoms with Crippen molar-refractivity contribution >= 4 is 26.3 Å². The summed E-state index contributed by atoms with van der Waals surface area (Å²) in [6.45, 7) is 10.5. The highest BCUT2D eigenvalue weighted by Gasteiger charge is 2.38. The summed E-state index contributed by atoms with van der Waals surface area (Å²) in [6.07, 6.45) is 0. The SMILES string of the molecule is CN1CCN(C)C1=N[P@@](=O)(OC(C)(C)C)OC(C)(C)S. The highest BCUT2D eigenvalue weighted by atomic mass is 32.1.